The standard InChI is InChI=1S/C22H28N2O3S/c1-3-4-5-9-16-23-28(26,27)21-14-12-20(13-15-21)24-22(25)18(2)17-19-10-7-6-8-11-19/h6-8,10-15,17,23H,3-5,9,16H2,1-2H3,(H,24,25)/b18-17+. The lowest BCUT2D eigenvalue weighted by Crippen LogP contribution is -2.24. The van der Waals surface area contributed by atoms with Gasteiger partial charge in [0.2, 0.25) is 10.0 Å². The quantitative estimate of drug-likeness (QED) is 0.452. The van der Waals surface area contributed by atoms with E-state index >= 15 is 0 Å². The van der Waals surface area contributed by atoms with Gasteiger partial charge in [0, 0.05) is 17.8 Å². The van der Waals surface area contributed by atoms with E-state index in [9.17, 15) is 13.2 Å². The Balaban J connectivity index is 1.94. The lowest BCUT2D eigenvalue weighted by molar-refractivity contribution is -0.112. The van der Waals surface area contributed by atoms with Gasteiger partial charge in [-0.2, -0.15) is 0 Å². The third-order valence-corrected chi connectivity index (χ3v) is 5.76. The van der Waals surface area contributed by atoms with Crippen molar-refractivity contribution < 1.29 is 13.2 Å². The highest BCUT2D eigenvalue weighted by Crippen LogP contribution is 2.16. The second-order valence-electron chi connectivity index (χ2n) is 6.67. The number of rotatable bonds is 10. The van der Waals surface area contributed by atoms with Gasteiger partial charge in [0.15, 0.2) is 0 Å². The first-order valence-electron chi connectivity index (χ1n) is 9.57. The average molecular weight is 401 g/mol. The number of sulfonamides is 1. The van der Waals surface area contributed by atoms with Crippen LogP contribution in [0.2, 0.25) is 0 Å². The Morgan fingerprint density at radius 1 is 0.964 bits per heavy atom. The zero-order valence-corrected chi connectivity index (χ0v) is 17.3. The molecule has 0 spiro atoms. The molecule has 0 heterocycles. The maximum atomic E-state index is 12.3. The number of amides is 1. The van der Waals surface area contributed by atoms with E-state index in [4.69, 9.17) is 0 Å². The molecule has 0 aliphatic carbocycles. The van der Waals surface area contributed by atoms with Gasteiger partial charge >= 0.3 is 0 Å². The number of hydrogen-bond donors (Lipinski definition) is 2. The van der Waals surface area contributed by atoms with E-state index in [0.29, 0.717) is 17.8 Å². The SMILES string of the molecule is CCCCCCNS(=O)(=O)c1ccc(NC(=O)/C(C)=C/c2ccccc2)cc1. The van der Waals surface area contributed by atoms with Crippen molar-refractivity contribution in [2.45, 2.75) is 44.4 Å². The number of nitrogens with one attached hydrogen (secondary N) is 2. The number of carbonyl (C=O) groups is 1. The summed E-state index contributed by atoms with van der Waals surface area (Å²) in [7, 11) is -3.52. The summed E-state index contributed by atoms with van der Waals surface area (Å²) in [4.78, 5) is 12.5. The van der Waals surface area contributed by atoms with Crippen LogP contribution in [0.3, 0.4) is 0 Å². The number of carbonyl (C=O) groups excluding carboxylic acids is 1. The predicted molar refractivity (Wildman–Crippen MR) is 114 cm³/mol. The molecule has 0 fully saturated rings. The van der Waals surface area contributed by atoms with Gasteiger partial charge in [-0.1, -0.05) is 56.5 Å². The smallest absolute Gasteiger partial charge is 0.251 e. The van der Waals surface area contributed by atoms with Gasteiger partial charge in [0.1, 0.15) is 0 Å². The van der Waals surface area contributed by atoms with Crippen LogP contribution < -0.4 is 10.0 Å². The van der Waals surface area contributed by atoms with E-state index in [1.54, 1.807) is 25.1 Å². The van der Waals surface area contributed by atoms with Crippen LogP contribution in [0.1, 0.15) is 45.1 Å². The molecule has 0 unspecified atom stereocenters. The van der Waals surface area contributed by atoms with Crippen molar-refractivity contribution in [3.05, 3.63) is 65.7 Å². The van der Waals surface area contributed by atoms with E-state index in [1.165, 1.54) is 12.1 Å². The highest BCUT2D eigenvalue weighted by Gasteiger charge is 2.13. The number of unbranched alkanes of at least 4 members (excludes halogenated alkanes) is 3. The first kappa shape index (κ1) is 21.9. The van der Waals surface area contributed by atoms with Crippen LogP contribution in [0.5, 0.6) is 0 Å². The number of benzene rings is 2. The van der Waals surface area contributed by atoms with Crippen molar-refractivity contribution in [3.63, 3.8) is 0 Å². The van der Waals surface area contributed by atoms with Gasteiger partial charge in [-0.05, 0) is 49.2 Å². The Kier molecular flexibility index (Phi) is 8.42. The topological polar surface area (TPSA) is 75.3 Å². The van der Waals surface area contributed by atoms with Crippen molar-refractivity contribution in [2.24, 2.45) is 0 Å². The molecule has 0 radical (unpaired) electrons. The minimum Gasteiger partial charge on any atom is -0.322 e. The molecule has 2 N–H and O–H groups in total. The number of anilines is 1. The normalized spacial score (nSPS) is 12.0. The van der Waals surface area contributed by atoms with Crippen molar-refractivity contribution in [2.75, 3.05) is 11.9 Å². The Morgan fingerprint density at radius 3 is 2.29 bits per heavy atom. The van der Waals surface area contributed by atoms with E-state index in [0.717, 1.165) is 31.2 Å². The Bertz CT molecular complexity index is 889. The summed E-state index contributed by atoms with van der Waals surface area (Å²) in [6, 6.07) is 15.8. The third kappa shape index (κ3) is 6.94. The second kappa shape index (κ2) is 10.8. The summed E-state index contributed by atoms with van der Waals surface area (Å²) in [6.07, 6.45) is 5.86. The van der Waals surface area contributed by atoms with Crippen LogP contribution >= 0.6 is 0 Å². The predicted octanol–water partition coefficient (Wildman–Crippen LogP) is 4.59. The molecule has 5 nitrogen and oxygen atoms in total. The van der Waals surface area contributed by atoms with Gasteiger partial charge in [-0.25, -0.2) is 13.1 Å². The molecule has 0 saturated heterocycles. The lowest BCUT2D eigenvalue weighted by atomic mass is 10.1. The van der Waals surface area contributed by atoms with E-state index < -0.39 is 10.0 Å². The van der Waals surface area contributed by atoms with Crippen LogP contribution in [-0.2, 0) is 14.8 Å². The molecule has 0 bridgehead atoms. The summed E-state index contributed by atoms with van der Waals surface area (Å²) < 4.78 is 27.2. The minimum absolute atomic E-state index is 0.192. The van der Waals surface area contributed by atoms with Crippen molar-refractivity contribution >= 4 is 27.7 Å². The van der Waals surface area contributed by atoms with Gasteiger partial charge < -0.3 is 5.32 Å². The summed E-state index contributed by atoms with van der Waals surface area (Å²) in [5.41, 5.74) is 2.06. The molecule has 28 heavy (non-hydrogen) atoms. The molecule has 0 aliphatic heterocycles. The molecule has 150 valence electrons. The van der Waals surface area contributed by atoms with Gasteiger partial charge in [-0.15, -0.1) is 0 Å². The van der Waals surface area contributed by atoms with Crippen LogP contribution in [0.4, 0.5) is 5.69 Å². The van der Waals surface area contributed by atoms with E-state index in [1.807, 2.05) is 30.3 Å². The zero-order chi connectivity index (χ0) is 20.4. The molecular formula is C22H28N2O3S. The van der Waals surface area contributed by atoms with Crippen molar-refractivity contribution in [3.8, 4) is 0 Å². The first-order valence-corrected chi connectivity index (χ1v) is 11.0. The van der Waals surface area contributed by atoms with E-state index in [-0.39, 0.29) is 10.8 Å². The minimum atomic E-state index is -3.52. The monoisotopic (exact) mass is 400 g/mol. The molecule has 2 rings (SSSR count). The molecule has 2 aromatic rings. The second-order valence-corrected chi connectivity index (χ2v) is 8.44. The van der Waals surface area contributed by atoms with E-state index in [2.05, 4.69) is 17.0 Å². The summed E-state index contributed by atoms with van der Waals surface area (Å²) in [5.74, 6) is -0.228. The summed E-state index contributed by atoms with van der Waals surface area (Å²) in [6.45, 7) is 4.29. The Hall–Kier alpha value is -2.44. The Labute approximate surface area is 167 Å². The van der Waals surface area contributed by atoms with Crippen LogP contribution in [0.25, 0.3) is 6.08 Å². The molecule has 1 amide bonds. The fourth-order valence-corrected chi connectivity index (χ4v) is 3.73. The first-order chi connectivity index (χ1) is 13.4. The van der Waals surface area contributed by atoms with Crippen molar-refractivity contribution in [1.82, 2.24) is 4.72 Å². The van der Waals surface area contributed by atoms with Gasteiger partial charge in [0.25, 0.3) is 5.91 Å². The average Bonchev–Trinajstić information content (AvgIpc) is 2.69. The molecule has 0 aromatic heterocycles. The molecular weight excluding hydrogens is 372 g/mol. The Morgan fingerprint density at radius 2 is 1.64 bits per heavy atom. The van der Waals surface area contributed by atoms with Gasteiger partial charge in [0.05, 0.1) is 4.90 Å². The molecule has 2 aromatic carbocycles. The molecule has 0 aliphatic rings. The molecule has 6 heteroatoms. The highest BCUT2D eigenvalue weighted by molar-refractivity contribution is 7.89. The highest BCUT2D eigenvalue weighted by atomic mass is 32.2. The van der Waals surface area contributed by atoms with Gasteiger partial charge in [-0.3, -0.25) is 4.79 Å². The lowest BCUT2D eigenvalue weighted by Gasteiger charge is -2.09. The summed E-state index contributed by atoms with van der Waals surface area (Å²) >= 11 is 0. The van der Waals surface area contributed by atoms with Crippen LogP contribution in [0, 0.1) is 0 Å². The largest absolute Gasteiger partial charge is 0.322 e. The third-order valence-electron chi connectivity index (χ3n) is 4.29. The molecule has 0 atom stereocenters. The maximum Gasteiger partial charge on any atom is 0.251 e. The van der Waals surface area contributed by atoms with Crippen LogP contribution in [0.15, 0.2) is 65.1 Å². The number of hydrogen-bond acceptors (Lipinski definition) is 3. The van der Waals surface area contributed by atoms with Crippen molar-refractivity contribution in [1.29, 1.82) is 0 Å². The fraction of sp³-hybridized carbons (Fsp3) is 0.318. The molecule has 0 saturated carbocycles. The summed E-state index contributed by atoms with van der Waals surface area (Å²) in [5, 5.41) is 2.78. The van der Waals surface area contributed by atoms with Crippen LogP contribution in [-0.4, -0.2) is 20.9 Å². The fourth-order valence-electron chi connectivity index (χ4n) is 2.65. The maximum absolute atomic E-state index is 12.3. The zero-order valence-electron chi connectivity index (χ0n) is 16.4.